The lowest BCUT2D eigenvalue weighted by atomic mass is 10.1. The summed E-state index contributed by atoms with van der Waals surface area (Å²) in [6, 6.07) is 35.1. The van der Waals surface area contributed by atoms with Gasteiger partial charge in [-0.3, -0.25) is 13.5 Å². The van der Waals surface area contributed by atoms with Gasteiger partial charge >= 0.3 is 0 Å². The number of para-hydroxylation sites is 3. The standard InChI is InChI=1S/C38H31N7/c1-22-11-10-16-33(43-26(5)41-36-24(3)39-25(4)40-38(36)43)37(22)45-32-19-18-27(21-34(32)42-23(2)17-20-35(42)45)44-30-14-8-6-12-28(30)29-13-7-9-15-31(29)44/h6-21H,1-5H3. The summed E-state index contributed by atoms with van der Waals surface area (Å²) in [5.74, 6) is 1.62. The Balaban J connectivity index is 1.36. The van der Waals surface area contributed by atoms with Crippen LogP contribution in [0.5, 0.6) is 0 Å². The van der Waals surface area contributed by atoms with Crippen LogP contribution < -0.4 is 0 Å². The van der Waals surface area contributed by atoms with Crippen LogP contribution in [0.2, 0.25) is 0 Å². The minimum absolute atomic E-state index is 0.740. The summed E-state index contributed by atoms with van der Waals surface area (Å²) in [5, 5.41) is 2.52. The van der Waals surface area contributed by atoms with Gasteiger partial charge in [-0.1, -0.05) is 48.5 Å². The number of rotatable bonds is 3. The first-order valence-electron chi connectivity index (χ1n) is 15.3. The number of benzene rings is 4. The summed E-state index contributed by atoms with van der Waals surface area (Å²) < 4.78 is 9.34. The Morgan fingerprint density at radius 1 is 0.556 bits per heavy atom. The highest BCUT2D eigenvalue weighted by Gasteiger charge is 2.23. The molecule has 0 bridgehead atoms. The fraction of sp³-hybridized carbons (Fsp3) is 0.132. The fourth-order valence-corrected chi connectivity index (χ4v) is 7.33. The Labute approximate surface area is 259 Å². The lowest BCUT2D eigenvalue weighted by Crippen LogP contribution is -2.08. The molecular formula is C38H31N7. The molecule has 5 aromatic heterocycles. The zero-order valence-electron chi connectivity index (χ0n) is 25.9. The van der Waals surface area contributed by atoms with Gasteiger partial charge in [0.05, 0.1) is 39.1 Å². The van der Waals surface area contributed by atoms with Gasteiger partial charge in [-0.05, 0) is 88.7 Å². The van der Waals surface area contributed by atoms with Crippen LogP contribution in [0.15, 0.2) is 97.1 Å². The van der Waals surface area contributed by atoms with E-state index < -0.39 is 0 Å². The Bertz CT molecular complexity index is 2610. The highest BCUT2D eigenvalue weighted by Crippen LogP contribution is 2.37. The van der Waals surface area contributed by atoms with Gasteiger partial charge in [0.1, 0.15) is 22.8 Å². The average Bonchev–Trinajstić information content (AvgIpc) is 3.76. The second-order valence-electron chi connectivity index (χ2n) is 12.0. The summed E-state index contributed by atoms with van der Waals surface area (Å²) in [6.45, 7) is 10.4. The van der Waals surface area contributed by atoms with Crippen molar-refractivity contribution in [3.8, 4) is 17.1 Å². The third-order valence-corrected chi connectivity index (χ3v) is 9.21. The van der Waals surface area contributed by atoms with Crippen LogP contribution in [0.25, 0.3) is 66.7 Å². The van der Waals surface area contributed by atoms with Gasteiger partial charge in [0.15, 0.2) is 5.65 Å². The number of hydrogen-bond donors (Lipinski definition) is 0. The van der Waals surface area contributed by atoms with E-state index in [9.17, 15) is 0 Å². The molecule has 9 rings (SSSR count). The maximum atomic E-state index is 4.92. The van der Waals surface area contributed by atoms with E-state index in [1.807, 2.05) is 20.8 Å². The Morgan fingerprint density at radius 3 is 2.04 bits per heavy atom. The van der Waals surface area contributed by atoms with Crippen LogP contribution in [0.4, 0.5) is 0 Å². The van der Waals surface area contributed by atoms with Crippen molar-refractivity contribution in [2.75, 3.05) is 0 Å². The predicted molar refractivity (Wildman–Crippen MR) is 182 cm³/mol. The zero-order valence-corrected chi connectivity index (χ0v) is 25.9. The molecule has 5 heterocycles. The molecule has 0 saturated carbocycles. The molecule has 218 valence electrons. The highest BCUT2D eigenvalue weighted by molar-refractivity contribution is 6.09. The monoisotopic (exact) mass is 585 g/mol. The molecule has 0 aliphatic heterocycles. The van der Waals surface area contributed by atoms with Gasteiger partial charge in [0.25, 0.3) is 0 Å². The van der Waals surface area contributed by atoms with Crippen LogP contribution in [-0.4, -0.2) is 33.1 Å². The summed E-state index contributed by atoms with van der Waals surface area (Å²) in [5.41, 5.74) is 14.0. The predicted octanol–water partition coefficient (Wildman–Crippen LogP) is 8.65. The molecule has 0 spiro atoms. The maximum absolute atomic E-state index is 4.92. The van der Waals surface area contributed by atoms with Crippen molar-refractivity contribution >= 4 is 49.7 Å². The largest absolute Gasteiger partial charge is 0.309 e. The Hall–Kier alpha value is -5.69. The van der Waals surface area contributed by atoms with Gasteiger partial charge in [0.2, 0.25) is 0 Å². The molecule has 7 heteroatoms. The Kier molecular flexibility index (Phi) is 5.25. The quantitative estimate of drug-likeness (QED) is 0.209. The number of nitrogens with zero attached hydrogens (tertiary/aromatic N) is 7. The summed E-state index contributed by atoms with van der Waals surface area (Å²) in [7, 11) is 0. The first-order valence-corrected chi connectivity index (χ1v) is 15.3. The molecule has 0 atom stereocenters. The first kappa shape index (κ1) is 25.8. The summed E-state index contributed by atoms with van der Waals surface area (Å²) in [6.07, 6.45) is 0. The number of aryl methyl sites for hydroxylation is 5. The van der Waals surface area contributed by atoms with Gasteiger partial charge in [-0.25, -0.2) is 15.0 Å². The first-order chi connectivity index (χ1) is 21.9. The molecule has 0 unspecified atom stereocenters. The van der Waals surface area contributed by atoms with E-state index >= 15 is 0 Å². The van der Waals surface area contributed by atoms with Crippen molar-refractivity contribution < 1.29 is 0 Å². The van der Waals surface area contributed by atoms with Crippen molar-refractivity contribution in [3.63, 3.8) is 0 Å². The number of aromatic nitrogens is 7. The minimum atomic E-state index is 0.740. The number of hydrogen-bond acceptors (Lipinski definition) is 3. The minimum Gasteiger partial charge on any atom is -0.309 e. The van der Waals surface area contributed by atoms with Gasteiger partial charge < -0.3 is 4.57 Å². The molecule has 0 aliphatic carbocycles. The number of imidazole rings is 2. The van der Waals surface area contributed by atoms with E-state index in [4.69, 9.17) is 9.97 Å². The smallest absolute Gasteiger partial charge is 0.168 e. The maximum Gasteiger partial charge on any atom is 0.168 e. The summed E-state index contributed by atoms with van der Waals surface area (Å²) >= 11 is 0. The van der Waals surface area contributed by atoms with Gasteiger partial charge in [0, 0.05) is 22.2 Å². The summed E-state index contributed by atoms with van der Waals surface area (Å²) in [4.78, 5) is 14.4. The molecule has 0 saturated heterocycles. The van der Waals surface area contributed by atoms with Crippen molar-refractivity contribution in [3.05, 3.63) is 126 Å². The number of fused-ring (bicyclic) bond motifs is 7. The van der Waals surface area contributed by atoms with E-state index in [0.717, 1.165) is 62.2 Å². The fourth-order valence-electron chi connectivity index (χ4n) is 7.33. The lowest BCUT2D eigenvalue weighted by molar-refractivity contribution is 0.951. The van der Waals surface area contributed by atoms with E-state index in [0.29, 0.717) is 0 Å². The molecular weight excluding hydrogens is 554 g/mol. The van der Waals surface area contributed by atoms with Crippen molar-refractivity contribution in [1.29, 1.82) is 0 Å². The molecule has 0 aliphatic rings. The van der Waals surface area contributed by atoms with E-state index in [2.05, 4.69) is 134 Å². The zero-order chi connectivity index (χ0) is 30.6. The Morgan fingerprint density at radius 2 is 1.29 bits per heavy atom. The van der Waals surface area contributed by atoms with E-state index in [1.54, 1.807) is 0 Å². The molecule has 4 aromatic carbocycles. The molecule has 0 N–H and O–H groups in total. The van der Waals surface area contributed by atoms with Crippen LogP contribution in [0.3, 0.4) is 0 Å². The van der Waals surface area contributed by atoms with E-state index in [1.165, 1.54) is 33.1 Å². The average molecular weight is 586 g/mol. The van der Waals surface area contributed by atoms with Crippen molar-refractivity contribution in [1.82, 2.24) is 33.1 Å². The van der Waals surface area contributed by atoms with E-state index in [-0.39, 0.29) is 0 Å². The van der Waals surface area contributed by atoms with Crippen molar-refractivity contribution in [2.45, 2.75) is 34.6 Å². The molecule has 9 aromatic rings. The molecule has 0 fully saturated rings. The van der Waals surface area contributed by atoms with Crippen LogP contribution in [0, 0.1) is 34.6 Å². The van der Waals surface area contributed by atoms with Crippen LogP contribution >= 0.6 is 0 Å². The molecule has 0 radical (unpaired) electrons. The SMILES string of the molecule is Cc1nc(C)c2nc(C)n(-c3cccc(C)c3-n3c4ccc(-n5c6ccccc6c6ccccc65)cc4n4c(C)ccc34)c2n1. The third-order valence-electron chi connectivity index (χ3n) is 9.21. The molecule has 0 amide bonds. The highest BCUT2D eigenvalue weighted by atomic mass is 15.2. The van der Waals surface area contributed by atoms with Gasteiger partial charge in [-0.15, -0.1) is 0 Å². The van der Waals surface area contributed by atoms with Crippen LogP contribution in [-0.2, 0) is 0 Å². The molecule has 7 nitrogen and oxygen atoms in total. The normalized spacial score (nSPS) is 12.1. The lowest BCUT2D eigenvalue weighted by Gasteiger charge is -2.18. The second kappa shape index (κ2) is 9.16. The van der Waals surface area contributed by atoms with Gasteiger partial charge in [-0.2, -0.15) is 0 Å². The topological polar surface area (TPSA) is 57.9 Å². The van der Waals surface area contributed by atoms with Crippen LogP contribution in [0.1, 0.15) is 28.6 Å². The molecule has 45 heavy (non-hydrogen) atoms. The van der Waals surface area contributed by atoms with Crippen molar-refractivity contribution in [2.24, 2.45) is 0 Å². The second-order valence-corrected chi connectivity index (χ2v) is 12.0. The third kappa shape index (κ3) is 3.49.